The Kier molecular flexibility index (Phi) is 4.86. The molecule has 0 fully saturated rings. The molecule has 1 amide bonds. The molecule has 6 nitrogen and oxygen atoms in total. The van der Waals surface area contributed by atoms with Gasteiger partial charge in [-0.15, -0.1) is 0 Å². The first kappa shape index (κ1) is 15.7. The van der Waals surface area contributed by atoms with Crippen LogP contribution in [-0.4, -0.2) is 34.6 Å². The van der Waals surface area contributed by atoms with Gasteiger partial charge in [-0.25, -0.2) is 0 Å². The SMILES string of the molecule is CN(Cc1nc(-c2ccccc2)no1)C(=O)COc1ccccc1. The summed E-state index contributed by atoms with van der Waals surface area (Å²) in [7, 11) is 1.67. The molecule has 0 aliphatic rings. The first-order valence-electron chi connectivity index (χ1n) is 7.52. The summed E-state index contributed by atoms with van der Waals surface area (Å²) >= 11 is 0. The molecule has 24 heavy (non-hydrogen) atoms. The van der Waals surface area contributed by atoms with E-state index in [-0.39, 0.29) is 19.1 Å². The highest BCUT2D eigenvalue weighted by molar-refractivity contribution is 5.77. The lowest BCUT2D eigenvalue weighted by Crippen LogP contribution is -2.31. The van der Waals surface area contributed by atoms with Gasteiger partial charge in [-0.3, -0.25) is 4.79 Å². The van der Waals surface area contributed by atoms with Crippen molar-refractivity contribution in [1.82, 2.24) is 15.0 Å². The number of carbonyl (C=O) groups is 1. The number of aromatic nitrogens is 2. The molecule has 122 valence electrons. The van der Waals surface area contributed by atoms with Gasteiger partial charge in [0.2, 0.25) is 11.7 Å². The average Bonchev–Trinajstić information content (AvgIpc) is 3.10. The third kappa shape index (κ3) is 3.98. The molecular formula is C18H17N3O3. The summed E-state index contributed by atoms with van der Waals surface area (Å²) < 4.78 is 10.7. The monoisotopic (exact) mass is 323 g/mol. The number of hydrogen-bond donors (Lipinski definition) is 0. The van der Waals surface area contributed by atoms with E-state index in [0.29, 0.717) is 17.5 Å². The third-order valence-corrected chi connectivity index (χ3v) is 3.40. The molecule has 6 heteroatoms. The van der Waals surface area contributed by atoms with Gasteiger partial charge in [0, 0.05) is 12.6 Å². The van der Waals surface area contributed by atoms with E-state index in [1.54, 1.807) is 19.2 Å². The Bertz CT molecular complexity index is 788. The molecule has 0 aliphatic heterocycles. The van der Waals surface area contributed by atoms with Crippen molar-refractivity contribution >= 4 is 5.91 Å². The second-order valence-corrected chi connectivity index (χ2v) is 5.23. The Labute approximate surface area is 139 Å². The molecule has 1 heterocycles. The van der Waals surface area contributed by atoms with Crippen LogP contribution in [0.25, 0.3) is 11.4 Å². The number of ether oxygens (including phenoxy) is 1. The maximum atomic E-state index is 12.1. The van der Waals surface area contributed by atoms with Crippen LogP contribution >= 0.6 is 0 Å². The number of nitrogens with zero attached hydrogens (tertiary/aromatic N) is 3. The maximum absolute atomic E-state index is 12.1. The van der Waals surface area contributed by atoms with E-state index in [0.717, 1.165) is 5.56 Å². The highest BCUT2D eigenvalue weighted by Gasteiger charge is 2.15. The van der Waals surface area contributed by atoms with Gasteiger partial charge in [0.1, 0.15) is 5.75 Å². The minimum atomic E-state index is -0.168. The normalized spacial score (nSPS) is 10.4. The van der Waals surface area contributed by atoms with E-state index >= 15 is 0 Å². The Morgan fingerprint density at radius 1 is 1.08 bits per heavy atom. The molecule has 3 aromatic rings. The topological polar surface area (TPSA) is 68.5 Å². The van der Waals surface area contributed by atoms with E-state index in [1.165, 1.54) is 4.90 Å². The first-order valence-corrected chi connectivity index (χ1v) is 7.52. The van der Waals surface area contributed by atoms with E-state index in [9.17, 15) is 4.79 Å². The van der Waals surface area contributed by atoms with Gasteiger partial charge in [-0.05, 0) is 12.1 Å². The van der Waals surface area contributed by atoms with Crippen LogP contribution in [0.4, 0.5) is 0 Å². The van der Waals surface area contributed by atoms with Crippen LogP contribution in [0.5, 0.6) is 5.75 Å². The standard InChI is InChI=1S/C18H17N3O3/c1-21(17(22)13-23-15-10-6-3-7-11-15)12-16-19-18(20-24-16)14-8-4-2-5-9-14/h2-11H,12-13H2,1H3. The molecule has 0 unspecified atom stereocenters. The molecule has 0 bridgehead atoms. The number of benzene rings is 2. The predicted molar refractivity (Wildman–Crippen MR) is 88.1 cm³/mol. The summed E-state index contributed by atoms with van der Waals surface area (Å²) in [6.45, 7) is 0.191. The number of hydrogen-bond acceptors (Lipinski definition) is 5. The molecular weight excluding hydrogens is 306 g/mol. The van der Waals surface area contributed by atoms with E-state index < -0.39 is 0 Å². The number of amides is 1. The van der Waals surface area contributed by atoms with Crippen molar-refractivity contribution in [3.05, 3.63) is 66.6 Å². The van der Waals surface area contributed by atoms with Crippen molar-refractivity contribution < 1.29 is 14.1 Å². The lowest BCUT2D eigenvalue weighted by atomic mass is 10.2. The summed E-state index contributed by atoms with van der Waals surface area (Å²) in [5, 5.41) is 3.94. The van der Waals surface area contributed by atoms with Crippen molar-refractivity contribution in [3.8, 4) is 17.1 Å². The molecule has 0 N–H and O–H groups in total. The van der Waals surface area contributed by atoms with Crippen molar-refractivity contribution in [2.75, 3.05) is 13.7 Å². The van der Waals surface area contributed by atoms with Gasteiger partial charge in [-0.2, -0.15) is 4.98 Å². The van der Waals surface area contributed by atoms with Crippen molar-refractivity contribution in [3.63, 3.8) is 0 Å². The molecule has 0 saturated heterocycles. The lowest BCUT2D eigenvalue weighted by molar-refractivity contribution is -0.132. The Morgan fingerprint density at radius 3 is 2.46 bits per heavy atom. The molecule has 0 spiro atoms. The molecule has 0 saturated carbocycles. The highest BCUT2D eigenvalue weighted by Crippen LogP contribution is 2.15. The minimum absolute atomic E-state index is 0.0415. The Hall–Kier alpha value is -3.15. The summed E-state index contributed by atoms with van der Waals surface area (Å²) in [6, 6.07) is 18.7. The van der Waals surface area contributed by atoms with Crippen LogP contribution in [0.3, 0.4) is 0 Å². The van der Waals surface area contributed by atoms with Gasteiger partial charge < -0.3 is 14.2 Å². The van der Waals surface area contributed by atoms with Gasteiger partial charge in [-0.1, -0.05) is 53.7 Å². The molecule has 3 rings (SSSR count). The third-order valence-electron chi connectivity index (χ3n) is 3.40. The fraction of sp³-hybridized carbons (Fsp3) is 0.167. The van der Waals surface area contributed by atoms with Gasteiger partial charge in [0.05, 0.1) is 6.54 Å². The van der Waals surface area contributed by atoms with Gasteiger partial charge in [0.25, 0.3) is 5.91 Å². The molecule has 1 aromatic heterocycles. The lowest BCUT2D eigenvalue weighted by Gasteiger charge is -2.15. The van der Waals surface area contributed by atoms with Gasteiger partial charge >= 0.3 is 0 Å². The number of carbonyl (C=O) groups excluding carboxylic acids is 1. The average molecular weight is 323 g/mol. The minimum Gasteiger partial charge on any atom is -0.484 e. The summed E-state index contributed by atoms with van der Waals surface area (Å²) in [4.78, 5) is 17.9. The molecule has 2 aromatic carbocycles. The molecule has 0 radical (unpaired) electrons. The number of para-hydroxylation sites is 1. The summed E-state index contributed by atoms with van der Waals surface area (Å²) in [5.74, 6) is 1.37. The smallest absolute Gasteiger partial charge is 0.260 e. The zero-order chi connectivity index (χ0) is 16.8. The van der Waals surface area contributed by atoms with Gasteiger partial charge in [0.15, 0.2) is 6.61 Å². The van der Waals surface area contributed by atoms with E-state index in [1.807, 2.05) is 48.5 Å². The fourth-order valence-electron chi connectivity index (χ4n) is 2.09. The van der Waals surface area contributed by atoms with Crippen molar-refractivity contribution in [2.45, 2.75) is 6.54 Å². The van der Waals surface area contributed by atoms with Crippen LogP contribution in [0, 0.1) is 0 Å². The summed E-state index contributed by atoms with van der Waals surface area (Å²) in [6.07, 6.45) is 0. The second kappa shape index (κ2) is 7.41. The zero-order valence-electron chi connectivity index (χ0n) is 13.3. The fourth-order valence-corrected chi connectivity index (χ4v) is 2.09. The summed E-state index contributed by atoms with van der Waals surface area (Å²) in [5.41, 5.74) is 0.869. The molecule has 0 aliphatic carbocycles. The molecule has 0 atom stereocenters. The second-order valence-electron chi connectivity index (χ2n) is 5.23. The Balaban J connectivity index is 1.55. The largest absolute Gasteiger partial charge is 0.484 e. The van der Waals surface area contributed by atoms with E-state index in [2.05, 4.69) is 10.1 Å². The highest BCUT2D eigenvalue weighted by atomic mass is 16.5. The number of rotatable bonds is 6. The predicted octanol–water partition coefficient (Wildman–Crippen LogP) is 2.77. The van der Waals surface area contributed by atoms with Crippen LogP contribution in [0.1, 0.15) is 5.89 Å². The van der Waals surface area contributed by atoms with Crippen LogP contribution in [-0.2, 0) is 11.3 Å². The van der Waals surface area contributed by atoms with Crippen LogP contribution in [0.15, 0.2) is 65.2 Å². The Morgan fingerprint density at radius 2 is 1.75 bits per heavy atom. The van der Waals surface area contributed by atoms with Crippen molar-refractivity contribution in [1.29, 1.82) is 0 Å². The van der Waals surface area contributed by atoms with Crippen molar-refractivity contribution in [2.24, 2.45) is 0 Å². The van der Waals surface area contributed by atoms with Crippen LogP contribution in [0.2, 0.25) is 0 Å². The van der Waals surface area contributed by atoms with E-state index in [4.69, 9.17) is 9.26 Å². The first-order chi connectivity index (χ1) is 11.7. The number of likely N-dealkylation sites (N-methyl/N-ethyl adjacent to an activating group) is 1. The maximum Gasteiger partial charge on any atom is 0.260 e. The zero-order valence-corrected chi connectivity index (χ0v) is 13.3. The quantitative estimate of drug-likeness (QED) is 0.698. The van der Waals surface area contributed by atoms with Crippen LogP contribution < -0.4 is 4.74 Å².